The number of hydrogen-bond donors (Lipinski definition) is 9. The smallest absolute Gasteiger partial charge is 0.326 e. The number of rotatable bonds is 17. The molecule has 4 atom stereocenters. The van der Waals surface area contributed by atoms with E-state index in [1.54, 1.807) is 30.5 Å². The van der Waals surface area contributed by atoms with Crippen molar-refractivity contribution in [3.8, 4) is 11.5 Å². The first kappa shape index (κ1) is 35.5. The molecule has 3 amide bonds. The van der Waals surface area contributed by atoms with Crippen LogP contribution in [-0.2, 0) is 38.4 Å². The molecular formula is C35H42N6O7. The molecule has 0 aliphatic carbocycles. The Morgan fingerprint density at radius 3 is 1.79 bits per heavy atom. The molecule has 0 radical (unpaired) electrons. The second-order valence-corrected chi connectivity index (χ2v) is 11.7. The fourth-order valence-electron chi connectivity index (χ4n) is 5.34. The van der Waals surface area contributed by atoms with E-state index in [1.807, 2.05) is 24.3 Å². The van der Waals surface area contributed by atoms with Crippen LogP contribution in [0, 0.1) is 0 Å². The topological polar surface area (TPSA) is 233 Å². The molecule has 13 nitrogen and oxygen atoms in total. The second-order valence-electron chi connectivity index (χ2n) is 11.7. The van der Waals surface area contributed by atoms with Crippen LogP contribution in [0.5, 0.6) is 11.5 Å². The van der Waals surface area contributed by atoms with E-state index >= 15 is 0 Å². The number of H-pyrrole nitrogens is 1. The highest BCUT2D eigenvalue weighted by Gasteiger charge is 2.31. The largest absolute Gasteiger partial charge is 0.508 e. The summed E-state index contributed by atoms with van der Waals surface area (Å²) in [6.45, 7) is 0.460. The second kappa shape index (κ2) is 17.0. The molecule has 0 saturated heterocycles. The minimum atomic E-state index is -1.35. The molecule has 0 fully saturated rings. The molecular weight excluding hydrogens is 616 g/mol. The Hall–Kier alpha value is -5.40. The van der Waals surface area contributed by atoms with Crippen molar-refractivity contribution < 1.29 is 34.5 Å². The van der Waals surface area contributed by atoms with E-state index < -0.39 is 47.9 Å². The quantitative estimate of drug-likeness (QED) is 0.0749. The van der Waals surface area contributed by atoms with Crippen LogP contribution in [-0.4, -0.2) is 74.7 Å². The third kappa shape index (κ3) is 10.0. The zero-order valence-electron chi connectivity index (χ0n) is 26.4. The lowest BCUT2D eigenvalue weighted by molar-refractivity contribution is -0.142. The lowest BCUT2D eigenvalue weighted by atomic mass is 10.0. The molecule has 0 aliphatic rings. The van der Waals surface area contributed by atoms with Crippen molar-refractivity contribution in [3.63, 3.8) is 0 Å². The fourth-order valence-corrected chi connectivity index (χ4v) is 5.34. The number of nitrogens with two attached hydrogens (primary N) is 2. The number of hydrogen-bond acceptors (Lipinski definition) is 8. The number of amides is 3. The molecule has 3 aromatic carbocycles. The third-order valence-electron chi connectivity index (χ3n) is 8.04. The van der Waals surface area contributed by atoms with Gasteiger partial charge in [-0.3, -0.25) is 14.4 Å². The number of aromatic amines is 1. The predicted octanol–water partition coefficient (Wildman–Crippen LogP) is 1.60. The van der Waals surface area contributed by atoms with E-state index in [1.165, 1.54) is 24.3 Å². The zero-order valence-corrected chi connectivity index (χ0v) is 26.4. The summed E-state index contributed by atoms with van der Waals surface area (Å²) in [5, 5.41) is 38.1. The summed E-state index contributed by atoms with van der Waals surface area (Å²) in [4.78, 5) is 56.2. The van der Waals surface area contributed by atoms with Gasteiger partial charge in [-0.15, -0.1) is 0 Å². The average Bonchev–Trinajstić information content (AvgIpc) is 3.48. The Balaban J connectivity index is 1.59. The first-order valence-corrected chi connectivity index (χ1v) is 15.7. The molecule has 4 aromatic rings. The van der Waals surface area contributed by atoms with Crippen molar-refractivity contribution >= 4 is 34.6 Å². The lowest BCUT2D eigenvalue weighted by Crippen LogP contribution is -2.58. The maximum atomic E-state index is 14.0. The summed E-state index contributed by atoms with van der Waals surface area (Å²) in [5.41, 5.74) is 14.5. The molecule has 48 heavy (non-hydrogen) atoms. The summed E-state index contributed by atoms with van der Waals surface area (Å²) >= 11 is 0. The third-order valence-corrected chi connectivity index (χ3v) is 8.04. The van der Waals surface area contributed by atoms with Crippen LogP contribution in [0.15, 0.2) is 79.0 Å². The number of unbranched alkanes of at least 4 members (excludes halogenated alkanes) is 1. The van der Waals surface area contributed by atoms with Gasteiger partial charge in [0, 0.05) is 36.4 Å². The highest BCUT2D eigenvalue weighted by molar-refractivity contribution is 5.95. The highest BCUT2D eigenvalue weighted by atomic mass is 16.4. The number of phenolic OH excluding ortho intramolecular Hbond substituents is 2. The number of carbonyl (C=O) groups excluding carboxylic acids is 3. The number of phenols is 2. The molecule has 4 rings (SSSR count). The summed E-state index contributed by atoms with van der Waals surface area (Å²) in [5.74, 6) is -3.25. The number of carboxylic acids is 1. The van der Waals surface area contributed by atoms with Crippen molar-refractivity contribution in [2.24, 2.45) is 11.5 Å². The first-order chi connectivity index (χ1) is 23.0. The maximum Gasteiger partial charge on any atom is 0.326 e. The van der Waals surface area contributed by atoms with Crippen LogP contribution in [0.2, 0.25) is 0 Å². The predicted molar refractivity (Wildman–Crippen MR) is 180 cm³/mol. The van der Waals surface area contributed by atoms with Crippen molar-refractivity contribution in [3.05, 3.63) is 95.7 Å². The minimum absolute atomic E-state index is 0.00735. The Morgan fingerprint density at radius 2 is 1.21 bits per heavy atom. The van der Waals surface area contributed by atoms with Gasteiger partial charge in [0.15, 0.2) is 0 Å². The molecule has 1 aromatic heterocycles. The van der Waals surface area contributed by atoms with Crippen LogP contribution in [0.3, 0.4) is 0 Å². The minimum Gasteiger partial charge on any atom is -0.508 e. The number of aromatic hydroxyl groups is 2. The number of carbonyl (C=O) groups is 4. The molecule has 11 N–H and O–H groups in total. The molecule has 13 heteroatoms. The summed E-state index contributed by atoms with van der Waals surface area (Å²) in [7, 11) is 0. The summed E-state index contributed by atoms with van der Waals surface area (Å²) < 4.78 is 0. The van der Waals surface area contributed by atoms with Crippen LogP contribution in [0.1, 0.15) is 36.0 Å². The van der Waals surface area contributed by atoms with Gasteiger partial charge in [0.25, 0.3) is 0 Å². The van der Waals surface area contributed by atoms with Crippen molar-refractivity contribution in [2.45, 2.75) is 62.7 Å². The van der Waals surface area contributed by atoms with Gasteiger partial charge in [0.2, 0.25) is 17.7 Å². The van der Waals surface area contributed by atoms with Gasteiger partial charge in [0.1, 0.15) is 29.6 Å². The number of nitrogens with one attached hydrogen (secondary N) is 4. The van der Waals surface area contributed by atoms with Crippen molar-refractivity contribution in [1.82, 2.24) is 20.9 Å². The van der Waals surface area contributed by atoms with E-state index in [0.717, 1.165) is 16.5 Å². The van der Waals surface area contributed by atoms with E-state index in [-0.39, 0.29) is 30.8 Å². The van der Waals surface area contributed by atoms with Gasteiger partial charge in [-0.25, -0.2) is 4.79 Å². The average molecular weight is 659 g/mol. The van der Waals surface area contributed by atoms with Crippen LogP contribution >= 0.6 is 0 Å². The number of aliphatic carboxylic acids is 1. The molecule has 0 bridgehead atoms. The van der Waals surface area contributed by atoms with E-state index in [9.17, 15) is 34.5 Å². The van der Waals surface area contributed by atoms with Gasteiger partial charge in [0.05, 0.1) is 6.04 Å². The first-order valence-electron chi connectivity index (χ1n) is 15.7. The Morgan fingerprint density at radius 1 is 0.688 bits per heavy atom. The van der Waals surface area contributed by atoms with Gasteiger partial charge in [-0.05, 0) is 66.4 Å². The highest BCUT2D eigenvalue weighted by Crippen LogP contribution is 2.20. The number of benzene rings is 3. The van der Waals surface area contributed by atoms with Gasteiger partial charge in [-0.1, -0.05) is 48.9 Å². The fraction of sp³-hybridized carbons (Fsp3) is 0.314. The Kier molecular flexibility index (Phi) is 12.5. The number of aromatic nitrogens is 1. The van der Waals surface area contributed by atoms with Crippen LogP contribution < -0.4 is 27.4 Å². The number of fused-ring (bicyclic) bond motifs is 1. The van der Waals surface area contributed by atoms with Crippen molar-refractivity contribution in [1.29, 1.82) is 0 Å². The van der Waals surface area contributed by atoms with Gasteiger partial charge < -0.3 is 47.7 Å². The van der Waals surface area contributed by atoms with Crippen LogP contribution in [0.25, 0.3) is 10.9 Å². The lowest BCUT2D eigenvalue weighted by Gasteiger charge is -2.25. The number of carboxylic acid groups (broad SMARTS) is 1. The van der Waals surface area contributed by atoms with Crippen molar-refractivity contribution in [2.75, 3.05) is 6.54 Å². The van der Waals surface area contributed by atoms with Gasteiger partial charge >= 0.3 is 5.97 Å². The van der Waals surface area contributed by atoms with E-state index in [2.05, 4.69) is 20.9 Å². The zero-order chi connectivity index (χ0) is 34.6. The molecule has 0 spiro atoms. The van der Waals surface area contributed by atoms with Crippen LogP contribution in [0.4, 0.5) is 0 Å². The molecule has 1 heterocycles. The van der Waals surface area contributed by atoms with E-state index in [0.29, 0.717) is 36.9 Å². The maximum absolute atomic E-state index is 14.0. The summed E-state index contributed by atoms with van der Waals surface area (Å²) in [6, 6.07) is 14.8. The molecule has 0 saturated carbocycles. The Bertz CT molecular complexity index is 1690. The monoisotopic (exact) mass is 658 g/mol. The van der Waals surface area contributed by atoms with Gasteiger partial charge in [-0.2, -0.15) is 0 Å². The number of para-hydroxylation sites is 1. The molecule has 254 valence electrons. The standard InChI is InChI=1S/C35H42N6O7/c36-16-4-3-6-27(37)32(44)39-30(19-23-20-38-28-7-2-1-5-26(23)28)34(46)40-29(17-21-8-12-24(42)13-9-21)33(45)41-31(35(47)48)18-22-10-14-25(43)15-11-22/h1-2,5,7-15,20,27,29-31,38,42-43H,3-4,6,16-19,36-37H2,(H,39,44)(H,40,46)(H,41,45)(H,47,48). The molecule has 0 aliphatic heterocycles. The Labute approximate surface area is 277 Å². The van der Waals surface area contributed by atoms with E-state index in [4.69, 9.17) is 11.5 Å². The normalized spacial score (nSPS) is 13.6. The SMILES string of the molecule is NCCCCC(N)C(=O)NC(Cc1c[nH]c2ccccc12)C(=O)NC(Cc1ccc(O)cc1)C(=O)NC(Cc1ccc(O)cc1)C(=O)O. The summed E-state index contributed by atoms with van der Waals surface area (Å²) in [6.07, 6.45) is 3.39. The molecule has 4 unspecified atom stereocenters.